The standard InChI is InChI=1S/C24H27ClN6O/c1-16-14-31(10-11-32-16)15-22-29-21-12-17(23-20(25)5-3-9-27-23)6-7-19(21)24(30-22)28-18-4-2-8-26-13-18/h2-9,12-13,16,22-23,27,29H,10-11,14-15H2,1H3,(H,28,30)/t16-,22?,23?/m0/s1. The zero-order valence-electron chi connectivity index (χ0n) is 18.0. The number of halogens is 1. The largest absolute Gasteiger partial charge is 0.379 e. The molecule has 0 amide bonds. The molecule has 32 heavy (non-hydrogen) atoms. The van der Waals surface area contributed by atoms with Crippen molar-refractivity contribution < 1.29 is 4.74 Å². The summed E-state index contributed by atoms with van der Waals surface area (Å²) in [4.78, 5) is 11.6. The Morgan fingerprint density at radius 2 is 2.25 bits per heavy atom. The summed E-state index contributed by atoms with van der Waals surface area (Å²) in [5, 5.41) is 11.2. The van der Waals surface area contributed by atoms with Crippen LogP contribution in [0.25, 0.3) is 0 Å². The van der Waals surface area contributed by atoms with Gasteiger partial charge in [0, 0.05) is 42.1 Å². The molecule has 2 unspecified atom stereocenters. The summed E-state index contributed by atoms with van der Waals surface area (Å²) in [6.45, 7) is 5.49. The number of amidine groups is 1. The topological polar surface area (TPSA) is 73.8 Å². The maximum atomic E-state index is 6.47. The van der Waals surface area contributed by atoms with E-state index in [0.717, 1.165) is 59.6 Å². The molecule has 0 saturated carbocycles. The van der Waals surface area contributed by atoms with Crippen molar-refractivity contribution in [3.8, 4) is 0 Å². The maximum absolute atomic E-state index is 6.47. The molecule has 3 aliphatic heterocycles. The van der Waals surface area contributed by atoms with Gasteiger partial charge in [-0.15, -0.1) is 0 Å². The Balaban J connectivity index is 1.44. The monoisotopic (exact) mass is 450 g/mol. The summed E-state index contributed by atoms with van der Waals surface area (Å²) >= 11 is 6.47. The van der Waals surface area contributed by atoms with Crippen LogP contribution >= 0.6 is 11.6 Å². The predicted octanol–water partition coefficient (Wildman–Crippen LogP) is 3.69. The van der Waals surface area contributed by atoms with Gasteiger partial charge in [-0.05, 0) is 55.1 Å². The van der Waals surface area contributed by atoms with Crippen LogP contribution in [0.5, 0.6) is 0 Å². The van der Waals surface area contributed by atoms with Gasteiger partial charge in [-0.2, -0.15) is 0 Å². The second-order valence-electron chi connectivity index (χ2n) is 8.26. The number of hydrogen-bond acceptors (Lipinski definition) is 7. The molecular weight excluding hydrogens is 424 g/mol. The third-order valence-corrected chi connectivity index (χ3v) is 6.15. The van der Waals surface area contributed by atoms with Crippen LogP contribution in [0.3, 0.4) is 0 Å². The Bertz CT molecular complexity index is 1050. The Hall–Kier alpha value is -2.87. The zero-order chi connectivity index (χ0) is 21.9. The molecule has 0 spiro atoms. The summed E-state index contributed by atoms with van der Waals surface area (Å²) in [6.07, 6.45) is 9.49. The third kappa shape index (κ3) is 4.65. The number of ether oxygens (including phenoxy) is 1. The first-order valence-electron chi connectivity index (χ1n) is 10.9. The Morgan fingerprint density at radius 1 is 1.31 bits per heavy atom. The van der Waals surface area contributed by atoms with E-state index in [0.29, 0.717) is 0 Å². The van der Waals surface area contributed by atoms with Gasteiger partial charge in [-0.1, -0.05) is 17.7 Å². The third-order valence-electron chi connectivity index (χ3n) is 5.81. The molecular formula is C24H27ClN6O. The summed E-state index contributed by atoms with van der Waals surface area (Å²) in [5.41, 5.74) is 4.07. The minimum absolute atomic E-state index is 0.0547. The highest BCUT2D eigenvalue weighted by molar-refractivity contribution is 6.30. The van der Waals surface area contributed by atoms with E-state index in [4.69, 9.17) is 21.3 Å². The van der Waals surface area contributed by atoms with Crippen LogP contribution in [0.2, 0.25) is 0 Å². The van der Waals surface area contributed by atoms with Gasteiger partial charge in [-0.25, -0.2) is 4.99 Å². The maximum Gasteiger partial charge on any atom is 0.137 e. The van der Waals surface area contributed by atoms with Gasteiger partial charge in [0.25, 0.3) is 0 Å². The lowest BCUT2D eigenvalue weighted by Gasteiger charge is -2.35. The number of nitrogens with zero attached hydrogens (tertiary/aromatic N) is 3. The SMILES string of the molecule is C[C@H]1CN(CC2N=C(Nc3cccnc3)c3ccc(C4NC=CC=C4Cl)cc3N2)CCO1. The zero-order valence-corrected chi connectivity index (χ0v) is 18.7. The van der Waals surface area contributed by atoms with Crippen molar-refractivity contribution in [2.45, 2.75) is 25.2 Å². The van der Waals surface area contributed by atoms with E-state index in [1.54, 1.807) is 12.4 Å². The highest BCUT2D eigenvalue weighted by atomic mass is 35.5. The molecule has 1 aromatic carbocycles. The van der Waals surface area contributed by atoms with Crippen molar-refractivity contribution >= 4 is 28.8 Å². The van der Waals surface area contributed by atoms with Crippen LogP contribution in [-0.4, -0.2) is 54.2 Å². The highest BCUT2D eigenvalue weighted by Gasteiger charge is 2.26. The minimum atomic E-state index is -0.0764. The molecule has 4 heterocycles. The Labute approximate surface area is 193 Å². The molecule has 0 aliphatic carbocycles. The predicted molar refractivity (Wildman–Crippen MR) is 129 cm³/mol. The molecule has 0 bridgehead atoms. The van der Waals surface area contributed by atoms with E-state index in [-0.39, 0.29) is 18.3 Å². The van der Waals surface area contributed by atoms with Crippen molar-refractivity contribution in [2.24, 2.45) is 4.99 Å². The number of fused-ring (bicyclic) bond motifs is 1. The van der Waals surface area contributed by atoms with Crippen LogP contribution in [0.4, 0.5) is 11.4 Å². The van der Waals surface area contributed by atoms with Gasteiger partial charge in [-0.3, -0.25) is 9.88 Å². The van der Waals surface area contributed by atoms with Gasteiger partial charge < -0.3 is 20.7 Å². The molecule has 1 aromatic heterocycles. The number of morpholine rings is 1. The molecule has 3 N–H and O–H groups in total. The molecule has 1 saturated heterocycles. The summed E-state index contributed by atoms with van der Waals surface area (Å²) < 4.78 is 5.70. The Morgan fingerprint density at radius 3 is 3.06 bits per heavy atom. The summed E-state index contributed by atoms with van der Waals surface area (Å²) in [6, 6.07) is 10.2. The molecule has 3 atom stereocenters. The van der Waals surface area contributed by atoms with Crippen LogP contribution in [-0.2, 0) is 4.74 Å². The summed E-state index contributed by atoms with van der Waals surface area (Å²) in [7, 11) is 0. The van der Waals surface area contributed by atoms with Gasteiger partial charge in [0.1, 0.15) is 12.0 Å². The molecule has 2 aromatic rings. The highest BCUT2D eigenvalue weighted by Crippen LogP contribution is 2.32. The first-order valence-corrected chi connectivity index (χ1v) is 11.3. The average Bonchev–Trinajstić information content (AvgIpc) is 2.80. The molecule has 5 rings (SSSR count). The van der Waals surface area contributed by atoms with Crippen LogP contribution < -0.4 is 16.0 Å². The number of aliphatic imine (C=N–C) groups is 1. The van der Waals surface area contributed by atoms with Crippen molar-refractivity contribution in [1.82, 2.24) is 15.2 Å². The quantitative estimate of drug-likeness (QED) is 0.659. The summed E-state index contributed by atoms with van der Waals surface area (Å²) in [5.74, 6) is 0.836. The van der Waals surface area contributed by atoms with E-state index in [9.17, 15) is 0 Å². The van der Waals surface area contributed by atoms with Crippen LogP contribution in [0.15, 0.2) is 71.1 Å². The molecule has 3 aliphatic rings. The molecule has 0 radical (unpaired) electrons. The fourth-order valence-corrected chi connectivity index (χ4v) is 4.55. The van der Waals surface area contributed by atoms with Gasteiger partial charge >= 0.3 is 0 Å². The van der Waals surface area contributed by atoms with Crippen molar-refractivity contribution in [3.63, 3.8) is 0 Å². The molecule has 8 heteroatoms. The lowest BCUT2D eigenvalue weighted by molar-refractivity contribution is -0.0190. The average molecular weight is 451 g/mol. The molecule has 7 nitrogen and oxygen atoms in total. The second kappa shape index (κ2) is 9.32. The van der Waals surface area contributed by atoms with Crippen LogP contribution in [0, 0.1) is 0 Å². The molecule has 166 valence electrons. The lowest BCUT2D eigenvalue weighted by Crippen LogP contribution is -2.46. The Kier molecular flexibility index (Phi) is 6.12. The smallest absolute Gasteiger partial charge is 0.137 e. The van der Waals surface area contributed by atoms with E-state index in [2.05, 4.69) is 51.0 Å². The number of hydrogen-bond donors (Lipinski definition) is 3. The van der Waals surface area contributed by atoms with Gasteiger partial charge in [0.2, 0.25) is 0 Å². The number of nitrogens with one attached hydrogen (secondary N) is 3. The van der Waals surface area contributed by atoms with E-state index in [1.807, 2.05) is 30.5 Å². The van der Waals surface area contributed by atoms with E-state index >= 15 is 0 Å². The van der Waals surface area contributed by atoms with Crippen molar-refractivity contribution in [1.29, 1.82) is 0 Å². The minimum Gasteiger partial charge on any atom is -0.379 e. The first-order chi connectivity index (χ1) is 15.7. The number of anilines is 2. The first kappa shape index (κ1) is 21.0. The van der Waals surface area contributed by atoms with Crippen molar-refractivity contribution in [2.75, 3.05) is 36.9 Å². The number of rotatable bonds is 4. The number of aromatic nitrogens is 1. The number of allylic oxidation sites excluding steroid dienone is 2. The van der Waals surface area contributed by atoms with Crippen molar-refractivity contribution in [3.05, 3.63) is 77.2 Å². The lowest BCUT2D eigenvalue weighted by atomic mass is 9.99. The number of pyridine rings is 1. The van der Waals surface area contributed by atoms with Gasteiger partial charge in [0.15, 0.2) is 0 Å². The van der Waals surface area contributed by atoms with Gasteiger partial charge in [0.05, 0.1) is 30.6 Å². The van der Waals surface area contributed by atoms with E-state index < -0.39 is 0 Å². The fourth-order valence-electron chi connectivity index (χ4n) is 4.29. The molecule has 1 fully saturated rings. The second-order valence-corrected chi connectivity index (χ2v) is 8.70. The fraction of sp³-hybridized carbons (Fsp3) is 0.333. The van der Waals surface area contributed by atoms with Crippen LogP contribution in [0.1, 0.15) is 24.1 Å². The number of benzene rings is 1. The normalized spacial score (nSPS) is 25.1. The number of dihydropyridines is 1. The van der Waals surface area contributed by atoms with E-state index in [1.165, 1.54) is 0 Å².